The third kappa shape index (κ3) is 4.69. The summed E-state index contributed by atoms with van der Waals surface area (Å²) in [7, 11) is -0.707. The highest BCUT2D eigenvalue weighted by atomic mass is 31.1. The van der Waals surface area contributed by atoms with E-state index in [1.54, 1.807) is 0 Å². The van der Waals surface area contributed by atoms with Gasteiger partial charge in [-0.15, -0.1) is 0 Å². The maximum absolute atomic E-state index is 6.26. The molecule has 34 heavy (non-hydrogen) atoms. The molecule has 0 unspecified atom stereocenters. The number of ether oxygens (including phenoxy) is 1. The Bertz CT molecular complexity index is 1210. The van der Waals surface area contributed by atoms with Crippen molar-refractivity contribution in [2.24, 2.45) is 4.99 Å². The number of rotatable bonds is 7. The zero-order chi connectivity index (χ0) is 23.4. The molecule has 0 fully saturated rings. The molecule has 0 spiro atoms. The zero-order valence-electron chi connectivity index (χ0n) is 19.8. The van der Waals surface area contributed by atoms with Gasteiger partial charge in [0, 0.05) is 0 Å². The molecule has 0 N–H and O–H groups in total. The van der Waals surface area contributed by atoms with Gasteiger partial charge in [0.1, 0.15) is 6.61 Å². The van der Waals surface area contributed by atoms with E-state index >= 15 is 0 Å². The summed E-state index contributed by atoms with van der Waals surface area (Å²) in [5, 5.41) is 4.06. The fourth-order valence-corrected chi connectivity index (χ4v) is 7.27. The standard InChI is InChI=1S/C31H30NOP/c1-31(2,30-32-25(23-33-30)22-24-14-6-3-7-15-24)28-20-12-13-21-29(28)34(26-16-8-4-9-17-26)27-18-10-5-11-19-27/h3-21,25H,22-23H2,1-2H3/t25-/m0/s1. The predicted octanol–water partition coefficient (Wildman–Crippen LogP) is 5.76. The van der Waals surface area contributed by atoms with Gasteiger partial charge in [0.25, 0.3) is 0 Å². The van der Waals surface area contributed by atoms with Gasteiger partial charge in [0.15, 0.2) is 5.90 Å². The lowest BCUT2D eigenvalue weighted by atomic mass is 9.84. The van der Waals surface area contributed by atoms with E-state index < -0.39 is 7.92 Å². The van der Waals surface area contributed by atoms with Crippen LogP contribution in [0.2, 0.25) is 0 Å². The van der Waals surface area contributed by atoms with Crippen molar-refractivity contribution in [3.8, 4) is 0 Å². The van der Waals surface area contributed by atoms with Gasteiger partial charge in [-0.3, -0.25) is 0 Å². The van der Waals surface area contributed by atoms with E-state index in [4.69, 9.17) is 9.73 Å². The third-order valence-corrected chi connectivity index (χ3v) is 8.91. The Morgan fingerprint density at radius 3 is 1.88 bits per heavy atom. The molecule has 2 nitrogen and oxygen atoms in total. The van der Waals surface area contributed by atoms with Crippen LogP contribution in [0.25, 0.3) is 0 Å². The molecule has 1 aliphatic heterocycles. The van der Waals surface area contributed by atoms with Crippen LogP contribution in [-0.2, 0) is 16.6 Å². The van der Waals surface area contributed by atoms with Crippen molar-refractivity contribution in [2.75, 3.05) is 6.61 Å². The van der Waals surface area contributed by atoms with E-state index in [0.29, 0.717) is 6.61 Å². The van der Waals surface area contributed by atoms with Crippen LogP contribution in [0, 0.1) is 0 Å². The molecular weight excluding hydrogens is 433 g/mol. The molecular formula is C31H30NOP. The number of nitrogens with zero attached hydrogens (tertiary/aromatic N) is 1. The lowest BCUT2D eigenvalue weighted by Crippen LogP contribution is -2.36. The minimum Gasteiger partial charge on any atom is -0.478 e. The van der Waals surface area contributed by atoms with Gasteiger partial charge in [-0.1, -0.05) is 115 Å². The first-order valence-corrected chi connectivity index (χ1v) is 13.2. The Balaban J connectivity index is 1.53. The van der Waals surface area contributed by atoms with E-state index in [-0.39, 0.29) is 11.5 Å². The summed E-state index contributed by atoms with van der Waals surface area (Å²) in [6, 6.07) is 41.3. The van der Waals surface area contributed by atoms with Gasteiger partial charge in [-0.05, 0) is 55.2 Å². The van der Waals surface area contributed by atoms with E-state index in [0.717, 1.165) is 12.3 Å². The van der Waals surface area contributed by atoms with Crippen molar-refractivity contribution in [3.05, 3.63) is 126 Å². The summed E-state index contributed by atoms with van der Waals surface area (Å²) in [5.74, 6) is 0.844. The molecule has 0 aromatic heterocycles. The monoisotopic (exact) mass is 463 g/mol. The summed E-state index contributed by atoms with van der Waals surface area (Å²) in [4.78, 5) is 5.08. The highest BCUT2D eigenvalue weighted by molar-refractivity contribution is 7.79. The average molecular weight is 464 g/mol. The van der Waals surface area contributed by atoms with Gasteiger partial charge in [-0.2, -0.15) is 0 Å². The van der Waals surface area contributed by atoms with E-state index in [9.17, 15) is 0 Å². The molecule has 1 heterocycles. The lowest BCUT2D eigenvalue weighted by Gasteiger charge is -2.30. The third-order valence-electron chi connectivity index (χ3n) is 6.41. The summed E-state index contributed by atoms with van der Waals surface area (Å²) in [6.07, 6.45) is 0.906. The van der Waals surface area contributed by atoms with Crippen molar-refractivity contribution in [1.29, 1.82) is 0 Å². The first-order chi connectivity index (χ1) is 16.6. The van der Waals surface area contributed by atoms with Crippen molar-refractivity contribution in [1.82, 2.24) is 0 Å². The second-order valence-corrected chi connectivity index (χ2v) is 11.4. The van der Waals surface area contributed by atoms with Gasteiger partial charge in [0.2, 0.25) is 0 Å². The summed E-state index contributed by atoms with van der Waals surface area (Å²) >= 11 is 0. The largest absolute Gasteiger partial charge is 0.478 e. The molecule has 4 aromatic rings. The van der Waals surface area contributed by atoms with Crippen LogP contribution in [0.15, 0.2) is 120 Å². The van der Waals surface area contributed by atoms with Gasteiger partial charge >= 0.3 is 0 Å². The molecule has 170 valence electrons. The maximum atomic E-state index is 6.26. The Morgan fingerprint density at radius 1 is 0.735 bits per heavy atom. The molecule has 1 aliphatic rings. The lowest BCUT2D eigenvalue weighted by molar-refractivity contribution is 0.294. The quantitative estimate of drug-likeness (QED) is 0.319. The molecule has 0 amide bonds. The van der Waals surface area contributed by atoms with Crippen LogP contribution < -0.4 is 15.9 Å². The Kier molecular flexibility index (Phi) is 6.61. The highest BCUT2D eigenvalue weighted by Gasteiger charge is 2.37. The van der Waals surface area contributed by atoms with Crippen LogP contribution in [0.1, 0.15) is 25.0 Å². The van der Waals surface area contributed by atoms with Crippen molar-refractivity contribution < 1.29 is 4.74 Å². The van der Waals surface area contributed by atoms with E-state index in [2.05, 4.69) is 129 Å². The molecule has 5 rings (SSSR count). The fourth-order valence-electron chi connectivity index (χ4n) is 4.64. The van der Waals surface area contributed by atoms with Crippen LogP contribution in [0.3, 0.4) is 0 Å². The zero-order valence-corrected chi connectivity index (χ0v) is 20.7. The molecule has 3 heteroatoms. The van der Waals surface area contributed by atoms with E-state index in [1.807, 2.05) is 0 Å². The molecule has 0 aliphatic carbocycles. The Labute approximate surface area is 204 Å². The first kappa shape index (κ1) is 22.6. The van der Waals surface area contributed by atoms with Crippen molar-refractivity contribution >= 4 is 29.7 Å². The number of aliphatic imine (C=N–C) groups is 1. The Hall–Kier alpha value is -3.22. The van der Waals surface area contributed by atoms with Crippen LogP contribution in [-0.4, -0.2) is 18.5 Å². The topological polar surface area (TPSA) is 21.6 Å². The Morgan fingerprint density at radius 2 is 1.26 bits per heavy atom. The minimum atomic E-state index is -0.707. The average Bonchev–Trinajstić information content (AvgIpc) is 3.36. The van der Waals surface area contributed by atoms with Crippen molar-refractivity contribution in [3.63, 3.8) is 0 Å². The minimum absolute atomic E-state index is 0.161. The molecule has 0 saturated carbocycles. The molecule has 4 aromatic carbocycles. The molecule has 0 bridgehead atoms. The van der Waals surface area contributed by atoms with Gasteiger partial charge < -0.3 is 4.74 Å². The number of hydrogen-bond acceptors (Lipinski definition) is 2. The second kappa shape index (κ2) is 9.95. The van der Waals surface area contributed by atoms with Crippen LogP contribution in [0.4, 0.5) is 0 Å². The SMILES string of the molecule is CC(C)(C1=N[C@@H](Cc2ccccc2)CO1)c1ccccc1P(c1ccccc1)c1ccccc1. The number of hydrogen-bond donors (Lipinski definition) is 0. The fraction of sp³-hybridized carbons (Fsp3) is 0.194. The van der Waals surface area contributed by atoms with Gasteiger partial charge in [-0.25, -0.2) is 4.99 Å². The number of benzene rings is 4. The maximum Gasteiger partial charge on any atom is 0.194 e. The van der Waals surface area contributed by atoms with Crippen LogP contribution in [0.5, 0.6) is 0 Å². The van der Waals surface area contributed by atoms with Crippen molar-refractivity contribution in [2.45, 2.75) is 31.7 Å². The summed E-state index contributed by atoms with van der Waals surface area (Å²) < 4.78 is 6.26. The summed E-state index contributed by atoms with van der Waals surface area (Å²) in [5.41, 5.74) is 2.26. The second-order valence-electron chi connectivity index (χ2n) is 9.24. The normalized spacial score (nSPS) is 15.7. The summed E-state index contributed by atoms with van der Waals surface area (Å²) in [6.45, 7) is 5.14. The molecule has 0 radical (unpaired) electrons. The van der Waals surface area contributed by atoms with Gasteiger partial charge in [0.05, 0.1) is 11.5 Å². The predicted molar refractivity (Wildman–Crippen MR) is 145 cm³/mol. The van der Waals surface area contributed by atoms with Crippen LogP contribution >= 0.6 is 7.92 Å². The molecule has 1 atom stereocenters. The first-order valence-electron chi connectivity index (χ1n) is 11.9. The smallest absolute Gasteiger partial charge is 0.194 e. The van der Waals surface area contributed by atoms with E-state index in [1.165, 1.54) is 27.0 Å². The highest BCUT2D eigenvalue weighted by Crippen LogP contribution is 2.38. The molecule has 0 saturated heterocycles.